The normalized spacial score (nSPS) is 12.5. The fourth-order valence-electron chi connectivity index (χ4n) is 1.31. The van der Waals surface area contributed by atoms with E-state index in [1.165, 1.54) is 5.56 Å². The molecule has 0 aliphatic carbocycles. The summed E-state index contributed by atoms with van der Waals surface area (Å²) >= 11 is 0. The lowest BCUT2D eigenvalue weighted by Gasteiger charge is -2.08. The van der Waals surface area contributed by atoms with Gasteiger partial charge in [-0.15, -0.1) is 6.58 Å². The fraction of sp³-hybridized carbons (Fsp3) is 0.333. The van der Waals surface area contributed by atoms with Gasteiger partial charge in [-0.05, 0) is 30.9 Å². The number of hydrogen-bond donors (Lipinski definition) is 1. The van der Waals surface area contributed by atoms with E-state index in [0.717, 1.165) is 12.0 Å². The number of aromatic hydroxyl groups is 1. The van der Waals surface area contributed by atoms with Gasteiger partial charge in [-0.1, -0.05) is 30.7 Å². The topological polar surface area (TPSA) is 20.2 Å². The molecule has 0 spiro atoms. The van der Waals surface area contributed by atoms with Crippen LogP contribution in [-0.2, 0) is 6.42 Å². The second-order valence-electron chi connectivity index (χ2n) is 3.55. The number of benzene rings is 1. The van der Waals surface area contributed by atoms with Crippen molar-refractivity contribution in [1.29, 1.82) is 0 Å². The van der Waals surface area contributed by atoms with E-state index in [-0.39, 0.29) is 0 Å². The van der Waals surface area contributed by atoms with E-state index in [1.807, 2.05) is 25.1 Å². The van der Waals surface area contributed by atoms with E-state index in [0.29, 0.717) is 11.7 Å². The van der Waals surface area contributed by atoms with Crippen LogP contribution in [0.25, 0.3) is 0 Å². The third kappa shape index (κ3) is 2.62. The molecule has 1 aromatic carbocycles. The van der Waals surface area contributed by atoms with E-state index < -0.39 is 0 Å². The summed E-state index contributed by atoms with van der Waals surface area (Å²) in [5, 5.41) is 9.55. The molecule has 0 amide bonds. The van der Waals surface area contributed by atoms with E-state index in [4.69, 9.17) is 0 Å². The lowest BCUT2D eigenvalue weighted by Crippen LogP contribution is -1.96. The molecule has 0 bridgehead atoms. The molecule has 1 rings (SSSR count). The molecule has 1 aromatic rings. The fourth-order valence-corrected chi connectivity index (χ4v) is 1.31. The first kappa shape index (κ1) is 9.85. The first-order valence-corrected chi connectivity index (χ1v) is 4.54. The number of phenolic OH excluding ortho intramolecular Hbond substituents is 1. The maximum Gasteiger partial charge on any atom is 0.118 e. The van der Waals surface area contributed by atoms with Gasteiger partial charge in [0.15, 0.2) is 0 Å². The molecule has 13 heavy (non-hydrogen) atoms. The van der Waals surface area contributed by atoms with Gasteiger partial charge >= 0.3 is 0 Å². The van der Waals surface area contributed by atoms with Crippen LogP contribution in [0.1, 0.15) is 18.1 Å². The molecular weight excluding hydrogens is 160 g/mol. The van der Waals surface area contributed by atoms with Gasteiger partial charge in [0.05, 0.1) is 0 Å². The first-order chi connectivity index (χ1) is 6.13. The van der Waals surface area contributed by atoms with Crippen LogP contribution in [0.3, 0.4) is 0 Å². The molecule has 0 saturated heterocycles. The zero-order chi connectivity index (χ0) is 9.84. The average molecular weight is 176 g/mol. The van der Waals surface area contributed by atoms with Crippen molar-refractivity contribution < 1.29 is 5.11 Å². The standard InChI is InChI=1S/C12H16O/c1-4-9(2)7-11-8-10(3)5-6-12(11)13/h4-6,8-9,13H,1,7H2,2-3H3. The Morgan fingerprint density at radius 3 is 2.85 bits per heavy atom. The second-order valence-corrected chi connectivity index (χ2v) is 3.55. The maximum absolute atomic E-state index is 9.55. The van der Waals surface area contributed by atoms with Crippen molar-refractivity contribution in [1.82, 2.24) is 0 Å². The van der Waals surface area contributed by atoms with Gasteiger partial charge in [0.2, 0.25) is 0 Å². The van der Waals surface area contributed by atoms with Crippen molar-refractivity contribution in [3.8, 4) is 5.75 Å². The Hall–Kier alpha value is -1.24. The summed E-state index contributed by atoms with van der Waals surface area (Å²) in [6.07, 6.45) is 2.76. The van der Waals surface area contributed by atoms with Gasteiger partial charge in [-0.3, -0.25) is 0 Å². The average Bonchev–Trinajstić information content (AvgIpc) is 2.11. The maximum atomic E-state index is 9.55. The zero-order valence-corrected chi connectivity index (χ0v) is 8.25. The number of aryl methyl sites for hydroxylation is 1. The molecule has 0 saturated carbocycles. The van der Waals surface area contributed by atoms with Crippen LogP contribution < -0.4 is 0 Å². The zero-order valence-electron chi connectivity index (χ0n) is 8.25. The van der Waals surface area contributed by atoms with Crippen LogP contribution in [0.15, 0.2) is 30.9 Å². The van der Waals surface area contributed by atoms with Gasteiger partial charge in [0, 0.05) is 0 Å². The van der Waals surface area contributed by atoms with Crippen LogP contribution in [-0.4, -0.2) is 5.11 Å². The van der Waals surface area contributed by atoms with Crippen molar-refractivity contribution in [2.45, 2.75) is 20.3 Å². The Morgan fingerprint density at radius 2 is 2.23 bits per heavy atom. The smallest absolute Gasteiger partial charge is 0.118 e. The van der Waals surface area contributed by atoms with Crippen molar-refractivity contribution in [3.63, 3.8) is 0 Å². The number of phenols is 1. The Bertz CT molecular complexity index is 302. The minimum atomic E-state index is 0.388. The lowest BCUT2D eigenvalue weighted by molar-refractivity contribution is 0.464. The molecule has 1 heteroatoms. The van der Waals surface area contributed by atoms with Crippen LogP contribution in [0, 0.1) is 12.8 Å². The molecule has 0 aliphatic heterocycles. The molecule has 1 N–H and O–H groups in total. The Kier molecular flexibility index (Phi) is 3.13. The minimum Gasteiger partial charge on any atom is -0.508 e. The van der Waals surface area contributed by atoms with Gasteiger partial charge < -0.3 is 5.11 Å². The monoisotopic (exact) mass is 176 g/mol. The molecule has 70 valence electrons. The van der Waals surface area contributed by atoms with Crippen molar-refractivity contribution >= 4 is 0 Å². The van der Waals surface area contributed by atoms with Gasteiger partial charge in [-0.2, -0.15) is 0 Å². The predicted molar refractivity (Wildman–Crippen MR) is 55.9 cm³/mol. The molecule has 0 aliphatic rings. The van der Waals surface area contributed by atoms with Gasteiger partial charge in [-0.25, -0.2) is 0 Å². The molecule has 0 heterocycles. The first-order valence-electron chi connectivity index (χ1n) is 4.54. The summed E-state index contributed by atoms with van der Waals surface area (Å²) in [5.41, 5.74) is 2.19. The van der Waals surface area contributed by atoms with E-state index >= 15 is 0 Å². The highest BCUT2D eigenvalue weighted by atomic mass is 16.3. The third-order valence-electron chi connectivity index (χ3n) is 2.18. The molecule has 1 unspecified atom stereocenters. The predicted octanol–water partition coefficient (Wildman–Crippen LogP) is 3.07. The summed E-state index contributed by atoms with van der Waals surface area (Å²) in [6, 6.07) is 5.69. The summed E-state index contributed by atoms with van der Waals surface area (Å²) in [6.45, 7) is 7.85. The second kappa shape index (κ2) is 4.13. The molecular formula is C12H16O. The quantitative estimate of drug-likeness (QED) is 0.702. The SMILES string of the molecule is C=CC(C)Cc1cc(C)ccc1O. The van der Waals surface area contributed by atoms with Crippen LogP contribution >= 0.6 is 0 Å². The van der Waals surface area contributed by atoms with Crippen LogP contribution in [0.2, 0.25) is 0 Å². The van der Waals surface area contributed by atoms with Crippen molar-refractivity contribution in [3.05, 3.63) is 42.0 Å². The minimum absolute atomic E-state index is 0.388. The van der Waals surface area contributed by atoms with Gasteiger partial charge in [0.25, 0.3) is 0 Å². The van der Waals surface area contributed by atoms with Gasteiger partial charge in [0.1, 0.15) is 5.75 Å². The molecule has 0 radical (unpaired) electrons. The summed E-state index contributed by atoms with van der Waals surface area (Å²) in [4.78, 5) is 0. The molecule has 1 atom stereocenters. The van der Waals surface area contributed by atoms with E-state index in [1.54, 1.807) is 6.07 Å². The molecule has 0 fully saturated rings. The van der Waals surface area contributed by atoms with Crippen LogP contribution in [0.4, 0.5) is 0 Å². The number of rotatable bonds is 3. The van der Waals surface area contributed by atoms with Crippen molar-refractivity contribution in [2.75, 3.05) is 0 Å². The van der Waals surface area contributed by atoms with Crippen molar-refractivity contribution in [2.24, 2.45) is 5.92 Å². The number of allylic oxidation sites excluding steroid dienone is 1. The summed E-state index contributed by atoms with van der Waals surface area (Å²) in [7, 11) is 0. The highest BCUT2D eigenvalue weighted by molar-refractivity contribution is 5.36. The number of hydrogen-bond acceptors (Lipinski definition) is 1. The molecule has 0 aromatic heterocycles. The lowest BCUT2D eigenvalue weighted by atomic mass is 9.99. The summed E-state index contributed by atoms with van der Waals surface area (Å²) < 4.78 is 0. The van der Waals surface area contributed by atoms with Crippen LogP contribution in [0.5, 0.6) is 5.75 Å². The van der Waals surface area contributed by atoms with E-state index in [9.17, 15) is 5.11 Å². The Morgan fingerprint density at radius 1 is 1.54 bits per heavy atom. The Labute approximate surface area is 79.7 Å². The summed E-state index contributed by atoms with van der Waals surface area (Å²) in [5.74, 6) is 0.798. The van der Waals surface area contributed by atoms with E-state index in [2.05, 4.69) is 13.5 Å². The third-order valence-corrected chi connectivity index (χ3v) is 2.18. The largest absolute Gasteiger partial charge is 0.508 e. The molecule has 1 nitrogen and oxygen atoms in total. The highest BCUT2D eigenvalue weighted by Gasteiger charge is 2.04. The highest BCUT2D eigenvalue weighted by Crippen LogP contribution is 2.21. The Balaban J connectivity index is 2.86.